The van der Waals surface area contributed by atoms with E-state index in [1.807, 2.05) is 0 Å². The lowest BCUT2D eigenvalue weighted by Gasteiger charge is -2.10. The summed E-state index contributed by atoms with van der Waals surface area (Å²) in [6.45, 7) is 5.80. The Bertz CT molecular complexity index is 362. The lowest BCUT2D eigenvalue weighted by molar-refractivity contribution is -0.132. The Morgan fingerprint density at radius 1 is 0.808 bits per heavy atom. The molecular formula is C23H42O3. The summed E-state index contributed by atoms with van der Waals surface area (Å²) >= 11 is 0. The standard InChI is InChI=1S/C23H42O3/c1-3-4-5-6-8-12-15-18-22(20-24)19-16-13-10-7-9-11-14-17-21(2)23(25)26/h20,22H,2-19H2,1H3,(H,25,26). The second-order valence-corrected chi connectivity index (χ2v) is 7.73. The SMILES string of the molecule is C=C(CCCCCCCCCC(C=O)CCCCCCCCC)C(=O)O. The minimum Gasteiger partial charge on any atom is -0.478 e. The number of unbranched alkanes of at least 4 members (excludes halogenated alkanes) is 12. The summed E-state index contributed by atoms with van der Waals surface area (Å²) in [5.41, 5.74) is 0.325. The zero-order valence-electron chi connectivity index (χ0n) is 17.1. The second kappa shape index (κ2) is 18.7. The normalized spacial score (nSPS) is 12.0. The molecule has 0 saturated carbocycles. The van der Waals surface area contributed by atoms with Crippen LogP contribution in [0.2, 0.25) is 0 Å². The van der Waals surface area contributed by atoms with Crippen LogP contribution in [-0.2, 0) is 9.59 Å². The first-order chi connectivity index (χ1) is 12.6. The Hall–Kier alpha value is -1.12. The molecule has 3 nitrogen and oxygen atoms in total. The van der Waals surface area contributed by atoms with Crippen molar-refractivity contribution in [3.63, 3.8) is 0 Å². The molecular weight excluding hydrogens is 324 g/mol. The maximum Gasteiger partial charge on any atom is 0.330 e. The lowest BCUT2D eigenvalue weighted by atomic mass is 9.95. The minimum atomic E-state index is -0.869. The Balaban J connectivity index is 3.39. The monoisotopic (exact) mass is 366 g/mol. The van der Waals surface area contributed by atoms with E-state index in [-0.39, 0.29) is 5.92 Å². The highest BCUT2D eigenvalue weighted by molar-refractivity contribution is 5.85. The number of aliphatic carboxylic acids is 1. The summed E-state index contributed by atoms with van der Waals surface area (Å²) < 4.78 is 0. The largest absolute Gasteiger partial charge is 0.478 e. The summed E-state index contributed by atoms with van der Waals surface area (Å²) in [5.74, 6) is -0.598. The Kier molecular flexibility index (Phi) is 17.9. The Morgan fingerprint density at radius 2 is 1.23 bits per heavy atom. The van der Waals surface area contributed by atoms with Gasteiger partial charge in [0.2, 0.25) is 0 Å². The van der Waals surface area contributed by atoms with Crippen molar-refractivity contribution in [1.29, 1.82) is 0 Å². The predicted octanol–water partition coefficient (Wildman–Crippen LogP) is 7.09. The van der Waals surface area contributed by atoms with Crippen LogP contribution in [0.25, 0.3) is 0 Å². The molecule has 3 heteroatoms. The number of rotatable bonds is 20. The van der Waals surface area contributed by atoms with Gasteiger partial charge in [0, 0.05) is 11.5 Å². The van der Waals surface area contributed by atoms with E-state index in [1.165, 1.54) is 76.9 Å². The highest BCUT2D eigenvalue weighted by Crippen LogP contribution is 2.18. The average molecular weight is 367 g/mol. The zero-order chi connectivity index (χ0) is 19.5. The van der Waals surface area contributed by atoms with E-state index in [1.54, 1.807) is 0 Å². The van der Waals surface area contributed by atoms with Crippen LogP contribution in [0.15, 0.2) is 12.2 Å². The van der Waals surface area contributed by atoms with Crippen LogP contribution < -0.4 is 0 Å². The summed E-state index contributed by atoms with van der Waals surface area (Å²) in [7, 11) is 0. The molecule has 0 aliphatic heterocycles. The van der Waals surface area contributed by atoms with Crippen LogP contribution in [0.5, 0.6) is 0 Å². The van der Waals surface area contributed by atoms with Crippen LogP contribution in [0.3, 0.4) is 0 Å². The van der Waals surface area contributed by atoms with Gasteiger partial charge in [-0.1, -0.05) is 97.0 Å². The number of carbonyl (C=O) groups excluding carboxylic acids is 1. The predicted molar refractivity (Wildman–Crippen MR) is 110 cm³/mol. The molecule has 0 amide bonds. The number of aldehydes is 1. The van der Waals surface area contributed by atoms with Crippen LogP contribution in [-0.4, -0.2) is 17.4 Å². The lowest BCUT2D eigenvalue weighted by Crippen LogP contribution is -2.02. The van der Waals surface area contributed by atoms with Gasteiger partial charge < -0.3 is 9.90 Å². The maximum atomic E-state index is 11.2. The molecule has 0 aromatic carbocycles. The van der Waals surface area contributed by atoms with Crippen molar-refractivity contribution in [2.75, 3.05) is 0 Å². The van der Waals surface area contributed by atoms with Crippen LogP contribution in [0.4, 0.5) is 0 Å². The van der Waals surface area contributed by atoms with E-state index >= 15 is 0 Å². The van der Waals surface area contributed by atoms with Crippen molar-refractivity contribution in [3.05, 3.63) is 12.2 Å². The van der Waals surface area contributed by atoms with E-state index in [4.69, 9.17) is 5.11 Å². The third-order valence-corrected chi connectivity index (χ3v) is 5.23. The van der Waals surface area contributed by atoms with Gasteiger partial charge in [-0.3, -0.25) is 0 Å². The molecule has 0 aromatic rings. The molecule has 1 atom stereocenters. The van der Waals surface area contributed by atoms with E-state index in [9.17, 15) is 9.59 Å². The minimum absolute atomic E-state index is 0.271. The number of carbonyl (C=O) groups is 2. The number of carboxylic acids is 1. The summed E-state index contributed by atoms with van der Waals surface area (Å²) in [5, 5.41) is 8.73. The number of carboxylic acid groups (broad SMARTS) is 1. The van der Waals surface area contributed by atoms with Gasteiger partial charge in [-0.25, -0.2) is 4.79 Å². The zero-order valence-corrected chi connectivity index (χ0v) is 17.1. The highest BCUT2D eigenvalue weighted by atomic mass is 16.4. The quantitative estimate of drug-likeness (QED) is 0.142. The third-order valence-electron chi connectivity index (χ3n) is 5.23. The van der Waals surface area contributed by atoms with Crippen molar-refractivity contribution < 1.29 is 14.7 Å². The first kappa shape index (κ1) is 24.9. The van der Waals surface area contributed by atoms with E-state index in [0.717, 1.165) is 32.1 Å². The fraction of sp³-hybridized carbons (Fsp3) is 0.826. The number of hydrogen-bond acceptors (Lipinski definition) is 2. The molecule has 0 heterocycles. The van der Waals surface area contributed by atoms with Crippen LogP contribution in [0, 0.1) is 5.92 Å². The van der Waals surface area contributed by atoms with Crippen molar-refractivity contribution >= 4 is 12.3 Å². The molecule has 0 spiro atoms. The van der Waals surface area contributed by atoms with Crippen LogP contribution >= 0.6 is 0 Å². The van der Waals surface area contributed by atoms with E-state index < -0.39 is 5.97 Å². The molecule has 1 unspecified atom stereocenters. The Labute approximate surface area is 161 Å². The summed E-state index contributed by atoms with van der Waals surface area (Å²) in [6.07, 6.45) is 21.1. The van der Waals surface area contributed by atoms with Gasteiger partial charge in [0.1, 0.15) is 6.29 Å². The van der Waals surface area contributed by atoms with Gasteiger partial charge in [0.15, 0.2) is 0 Å². The summed E-state index contributed by atoms with van der Waals surface area (Å²) in [6, 6.07) is 0. The van der Waals surface area contributed by atoms with Gasteiger partial charge in [-0.2, -0.15) is 0 Å². The van der Waals surface area contributed by atoms with Gasteiger partial charge >= 0.3 is 5.97 Å². The number of hydrogen-bond donors (Lipinski definition) is 1. The van der Waals surface area contributed by atoms with Gasteiger partial charge in [0.05, 0.1) is 0 Å². The van der Waals surface area contributed by atoms with Crippen molar-refractivity contribution in [2.45, 2.75) is 116 Å². The highest BCUT2D eigenvalue weighted by Gasteiger charge is 2.07. The molecule has 0 rings (SSSR count). The first-order valence-electron chi connectivity index (χ1n) is 11.0. The topological polar surface area (TPSA) is 54.4 Å². The fourth-order valence-electron chi connectivity index (χ4n) is 3.38. The Morgan fingerprint density at radius 3 is 1.65 bits per heavy atom. The maximum absolute atomic E-state index is 11.2. The van der Waals surface area contributed by atoms with E-state index in [0.29, 0.717) is 12.0 Å². The average Bonchev–Trinajstić information content (AvgIpc) is 2.63. The van der Waals surface area contributed by atoms with Gasteiger partial charge in [-0.05, 0) is 25.7 Å². The van der Waals surface area contributed by atoms with Crippen molar-refractivity contribution in [2.24, 2.45) is 5.92 Å². The van der Waals surface area contributed by atoms with Gasteiger partial charge in [0.25, 0.3) is 0 Å². The third kappa shape index (κ3) is 16.4. The molecule has 0 aliphatic carbocycles. The molecule has 0 aromatic heterocycles. The van der Waals surface area contributed by atoms with E-state index in [2.05, 4.69) is 13.5 Å². The van der Waals surface area contributed by atoms with Crippen molar-refractivity contribution in [1.82, 2.24) is 0 Å². The molecule has 0 aliphatic rings. The smallest absolute Gasteiger partial charge is 0.330 e. The molecule has 1 N–H and O–H groups in total. The molecule has 0 saturated heterocycles. The second-order valence-electron chi connectivity index (χ2n) is 7.73. The molecule has 0 fully saturated rings. The van der Waals surface area contributed by atoms with Crippen LogP contribution in [0.1, 0.15) is 116 Å². The fourth-order valence-corrected chi connectivity index (χ4v) is 3.38. The van der Waals surface area contributed by atoms with Crippen molar-refractivity contribution in [3.8, 4) is 0 Å². The molecule has 26 heavy (non-hydrogen) atoms. The molecule has 152 valence electrons. The van der Waals surface area contributed by atoms with Gasteiger partial charge in [-0.15, -0.1) is 0 Å². The summed E-state index contributed by atoms with van der Waals surface area (Å²) in [4.78, 5) is 21.8. The molecule has 0 bridgehead atoms. The molecule has 0 radical (unpaired) electrons. The first-order valence-corrected chi connectivity index (χ1v) is 11.0.